The molecule has 1 fully saturated rings. The number of carbonyl (C=O) groups excluding carboxylic acids is 1. The van der Waals surface area contributed by atoms with Gasteiger partial charge in [-0.3, -0.25) is 9.69 Å². The highest BCUT2D eigenvalue weighted by atomic mass is 32.1. The van der Waals surface area contributed by atoms with Crippen LogP contribution in [0.3, 0.4) is 0 Å². The standard InChI is InChI=1S/C14H22N2OS/c1-2-3-6-15-7-9-16(10-8-15)14(17)12-13-5-4-11-18-13/h4-5,11H,2-3,6-10,12H2,1H3. The van der Waals surface area contributed by atoms with Crippen molar-refractivity contribution in [3.05, 3.63) is 22.4 Å². The summed E-state index contributed by atoms with van der Waals surface area (Å²) >= 11 is 1.67. The molecule has 0 unspecified atom stereocenters. The number of hydrogen-bond acceptors (Lipinski definition) is 3. The normalized spacial score (nSPS) is 17.1. The molecule has 0 spiro atoms. The molecule has 1 amide bonds. The summed E-state index contributed by atoms with van der Waals surface area (Å²) in [5, 5.41) is 2.03. The van der Waals surface area contributed by atoms with E-state index in [9.17, 15) is 4.79 Å². The van der Waals surface area contributed by atoms with Gasteiger partial charge in [-0.25, -0.2) is 0 Å². The van der Waals surface area contributed by atoms with Crippen LogP contribution in [0.4, 0.5) is 0 Å². The quantitative estimate of drug-likeness (QED) is 0.816. The number of hydrogen-bond donors (Lipinski definition) is 0. The molecule has 1 aromatic heterocycles. The minimum atomic E-state index is 0.285. The van der Waals surface area contributed by atoms with Crippen LogP contribution < -0.4 is 0 Å². The van der Waals surface area contributed by atoms with Gasteiger partial charge in [0.05, 0.1) is 6.42 Å². The van der Waals surface area contributed by atoms with Crippen molar-refractivity contribution >= 4 is 17.2 Å². The van der Waals surface area contributed by atoms with Crippen LogP contribution in [-0.4, -0.2) is 48.4 Å². The molecule has 3 nitrogen and oxygen atoms in total. The van der Waals surface area contributed by atoms with E-state index in [0.717, 1.165) is 26.2 Å². The zero-order chi connectivity index (χ0) is 12.8. The minimum absolute atomic E-state index is 0.285. The lowest BCUT2D eigenvalue weighted by molar-refractivity contribution is -0.132. The van der Waals surface area contributed by atoms with E-state index in [0.29, 0.717) is 6.42 Å². The van der Waals surface area contributed by atoms with Crippen molar-refractivity contribution in [3.8, 4) is 0 Å². The molecule has 0 bridgehead atoms. The zero-order valence-corrected chi connectivity index (χ0v) is 11.9. The molecule has 0 atom stereocenters. The number of unbranched alkanes of at least 4 members (excludes halogenated alkanes) is 1. The summed E-state index contributed by atoms with van der Waals surface area (Å²) in [7, 11) is 0. The van der Waals surface area contributed by atoms with Crippen LogP contribution in [0.1, 0.15) is 24.6 Å². The van der Waals surface area contributed by atoms with E-state index in [1.165, 1.54) is 24.3 Å². The predicted octanol–water partition coefficient (Wildman–Crippen LogP) is 2.23. The number of amides is 1. The van der Waals surface area contributed by atoms with Crippen molar-refractivity contribution in [3.63, 3.8) is 0 Å². The van der Waals surface area contributed by atoms with E-state index < -0.39 is 0 Å². The lowest BCUT2D eigenvalue weighted by Gasteiger charge is -2.34. The molecule has 0 N–H and O–H groups in total. The maximum Gasteiger partial charge on any atom is 0.227 e. The van der Waals surface area contributed by atoms with Crippen molar-refractivity contribution in [2.45, 2.75) is 26.2 Å². The molecular formula is C14H22N2OS. The first-order valence-electron chi connectivity index (χ1n) is 6.82. The van der Waals surface area contributed by atoms with E-state index in [4.69, 9.17) is 0 Å². The Morgan fingerprint density at radius 1 is 1.33 bits per heavy atom. The lowest BCUT2D eigenvalue weighted by atomic mass is 10.2. The summed E-state index contributed by atoms with van der Waals surface area (Å²) in [6.45, 7) is 7.28. The van der Waals surface area contributed by atoms with E-state index in [-0.39, 0.29) is 5.91 Å². The van der Waals surface area contributed by atoms with Gasteiger partial charge in [0.25, 0.3) is 0 Å². The molecule has 0 radical (unpaired) electrons. The summed E-state index contributed by atoms with van der Waals surface area (Å²) in [6.07, 6.45) is 3.09. The van der Waals surface area contributed by atoms with Gasteiger partial charge in [-0.15, -0.1) is 11.3 Å². The molecule has 4 heteroatoms. The zero-order valence-electron chi connectivity index (χ0n) is 11.1. The smallest absolute Gasteiger partial charge is 0.227 e. The molecule has 1 aromatic rings. The molecule has 1 aliphatic heterocycles. The molecule has 18 heavy (non-hydrogen) atoms. The van der Waals surface area contributed by atoms with Crippen molar-refractivity contribution < 1.29 is 4.79 Å². The van der Waals surface area contributed by atoms with Gasteiger partial charge < -0.3 is 4.90 Å². The summed E-state index contributed by atoms with van der Waals surface area (Å²) in [6, 6.07) is 4.05. The number of nitrogens with zero attached hydrogens (tertiary/aromatic N) is 2. The molecule has 100 valence electrons. The van der Waals surface area contributed by atoms with Crippen molar-refractivity contribution in [1.29, 1.82) is 0 Å². The van der Waals surface area contributed by atoms with E-state index in [2.05, 4.69) is 11.8 Å². The Morgan fingerprint density at radius 3 is 2.72 bits per heavy atom. The molecule has 2 rings (SSSR count). The Hall–Kier alpha value is -0.870. The first kappa shape index (κ1) is 13.6. The second-order valence-electron chi connectivity index (χ2n) is 4.83. The van der Waals surface area contributed by atoms with Crippen LogP contribution in [0.15, 0.2) is 17.5 Å². The van der Waals surface area contributed by atoms with Crippen molar-refractivity contribution in [2.75, 3.05) is 32.7 Å². The summed E-state index contributed by atoms with van der Waals surface area (Å²) < 4.78 is 0. The second-order valence-corrected chi connectivity index (χ2v) is 5.86. The maximum atomic E-state index is 12.1. The van der Waals surface area contributed by atoms with Crippen LogP contribution in [0.5, 0.6) is 0 Å². The average Bonchev–Trinajstić information content (AvgIpc) is 2.89. The van der Waals surface area contributed by atoms with Gasteiger partial charge in [0.15, 0.2) is 0 Å². The Balaban J connectivity index is 1.73. The Bertz CT molecular complexity index is 356. The molecule has 1 saturated heterocycles. The monoisotopic (exact) mass is 266 g/mol. The summed E-state index contributed by atoms with van der Waals surface area (Å²) in [4.78, 5) is 17.8. The van der Waals surface area contributed by atoms with Gasteiger partial charge in [0.2, 0.25) is 5.91 Å². The van der Waals surface area contributed by atoms with Gasteiger partial charge >= 0.3 is 0 Å². The molecule has 0 aromatic carbocycles. The van der Waals surface area contributed by atoms with E-state index >= 15 is 0 Å². The lowest BCUT2D eigenvalue weighted by Crippen LogP contribution is -2.49. The SMILES string of the molecule is CCCCN1CCN(C(=O)Cc2cccs2)CC1. The number of thiophene rings is 1. The maximum absolute atomic E-state index is 12.1. The molecule has 0 aliphatic carbocycles. The fourth-order valence-corrected chi connectivity index (χ4v) is 2.97. The van der Waals surface area contributed by atoms with Crippen LogP contribution in [0.25, 0.3) is 0 Å². The van der Waals surface area contributed by atoms with Crippen molar-refractivity contribution in [1.82, 2.24) is 9.80 Å². The van der Waals surface area contributed by atoms with E-state index in [1.807, 2.05) is 22.4 Å². The number of carbonyl (C=O) groups is 1. The topological polar surface area (TPSA) is 23.6 Å². The summed E-state index contributed by atoms with van der Waals surface area (Å²) in [5.74, 6) is 0.285. The highest BCUT2D eigenvalue weighted by Crippen LogP contribution is 2.12. The highest BCUT2D eigenvalue weighted by Gasteiger charge is 2.20. The highest BCUT2D eigenvalue weighted by molar-refractivity contribution is 7.10. The third-order valence-corrected chi connectivity index (χ3v) is 4.33. The second kappa shape index (κ2) is 6.90. The van der Waals surface area contributed by atoms with Crippen molar-refractivity contribution in [2.24, 2.45) is 0 Å². The number of rotatable bonds is 5. The van der Waals surface area contributed by atoms with Crippen LogP contribution >= 0.6 is 11.3 Å². The van der Waals surface area contributed by atoms with Crippen LogP contribution in [0.2, 0.25) is 0 Å². The fourth-order valence-electron chi connectivity index (χ4n) is 2.28. The Kier molecular flexibility index (Phi) is 5.20. The van der Waals surface area contributed by atoms with Crippen LogP contribution in [-0.2, 0) is 11.2 Å². The minimum Gasteiger partial charge on any atom is -0.340 e. The first-order valence-corrected chi connectivity index (χ1v) is 7.70. The number of piperazine rings is 1. The molecule has 0 saturated carbocycles. The Labute approximate surface area is 113 Å². The summed E-state index contributed by atoms with van der Waals surface area (Å²) in [5.41, 5.74) is 0. The largest absolute Gasteiger partial charge is 0.340 e. The third-order valence-electron chi connectivity index (χ3n) is 3.46. The fraction of sp³-hybridized carbons (Fsp3) is 0.643. The van der Waals surface area contributed by atoms with Gasteiger partial charge in [-0.2, -0.15) is 0 Å². The third kappa shape index (κ3) is 3.82. The first-order chi connectivity index (χ1) is 8.79. The predicted molar refractivity (Wildman–Crippen MR) is 76.0 cm³/mol. The Morgan fingerprint density at radius 2 is 2.11 bits per heavy atom. The average molecular weight is 266 g/mol. The molecule has 1 aliphatic rings. The van der Waals surface area contributed by atoms with Gasteiger partial charge in [0, 0.05) is 31.1 Å². The van der Waals surface area contributed by atoms with E-state index in [1.54, 1.807) is 11.3 Å². The van der Waals surface area contributed by atoms with Gasteiger partial charge in [-0.05, 0) is 24.4 Å². The molecule has 2 heterocycles. The molecular weight excluding hydrogens is 244 g/mol. The van der Waals surface area contributed by atoms with Gasteiger partial charge in [-0.1, -0.05) is 19.4 Å². The van der Waals surface area contributed by atoms with Gasteiger partial charge in [0.1, 0.15) is 0 Å². The van der Waals surface area contributed by atoms with Crippen LogP contribution in [0, 0.1) is 0 Å².